The van der Waals surface area contributed by atoms with Gasteiger partial charge in [-0.1, -0.05) is 23.4 Å². The van der Waals surface area contributed by atoms with E-state index < -0.39 is 5.91 Å². The van der Waals surface area contributed by atoms with Crippen LogP contribution in [0.3, 0.4) is 0 Å². The lowest BCUT2D eigenvalue weighted by Gasteiger charge is -2.27. The highest BCUT2D eigenvalue weighted by atomic mass is 32.1. The standard InChI is InChI=1S/C21H19N3O5S/c1-28-14-6-4-13(5-7-14)16(11-15-3-2-10-30-15)21(26)24-9-8-18-17(12-24)19(23-29-18)20(25)22-27/h2-7,10-11,27H,8-9,12H2,1H3,(H,22,25). The fraction of sp³-hybridized carbons (Fsp3) is 0.190. The van der Waals surface area contributed by atoms with Crippen molar-refractivity contribution in [2.45, 2.75) is 13.0 Å². The average molecular weight is 425 g/mol. The molecule has 0 aliphatic carbocycles. The Bertz CT molecular complexity index is 1090. The van der Waals surface area contributed by atoms with Gasteiger partial charge in [0.15, 0.2) is 5.69 Å². The van der Waals surface area contributed by atoms with Crippen LogP contribution in [0.15, 0.2) is 46.3 Å². The number of nitrogens with one attached hydrogen (secondary N) is 1. The summed E-state index contributed by atoms with van der Waals surface area (Å²) in [5.74, 6) is 0.314. The van der Waals surface area contributed by atoms with Gasteiger partial charge >= 0.3 is 0 Å². The van der Waals surface area contributed by atoms with E-state index in [1.807, 2.05) is 47.9 Å². The molecule has 1 aliphatic rings. The average Bonchev–Trinajstić information content (AvgIpc) is 3.46. The van der Waals surface area contributed by atoms with Crippen molar-refractivity contribution >= 4 is 34.8 Å². The molecule has 0 atom stereocenters. The molecule has 0 spiro atoms. The quantitative estimate of drug-likeness (QED) is 0.370. The minimum atomic E-state index is -0.765. The number of hydrogen-bond donors (Lipinski definition) is 2. The molecule has 2 amide bonds. The third-order valence-corrected chi connectivity index (χ3v) is 5.71. The van der Waals surface area contributed by atoms with E-state index in [-0.39, 0.29) is 18.1 Å². The molecule has 1 aromatic carbocycles. The van der Waals surface area contributed by atoms with Crippen LogP contribution in [0.5, 0.6) is 5.75 Å². The summed E-state index contributed by atoms with van der Waals surface area (Å²) in [5.41, 5.74) is 3.35. The maximum absolute atomic E-state index is 13.5. The highest BCUT2D eigenvalue weighted by Crippen LogP contribution is 2.29. The first-order chi connectivity index (χ1) is 14.6. The fourth-order valence-corrected chi connectivity index (χ4v) is 4.00. The Morgan fingerprint density at radius 3 is 2.77 bits per heavy atom. The van der Waals surface area contributed by atoms with Gasteiger partial charge in [0.2, 0.25) is 0 Å². The molecule has 0 radical (unpaired) electrons. The van der Waals surface area contributed by atoms with Gasteiger partial charge in [0.05, 0.1) is 13.7 Å². The van der Waals surface area contributed by atoms with Gasteiger partial charge in [-0.3, -0.25) is 14.8 Å². The molecule has 1 aliphatic heterocycles. The van der Waals surface area contributed by atoms with Gasteiger partial charge in [-0.25, -0.2) is 5.48 Å². The molecule has 0 saturated carbocycles. The highest BCUT2D eigenvalue weighted by Gasteiger charge is 2.31. The van der Waals surface area contributed by atoms with Crippen molar-refractivity contribution in [3.8, 4) is 5.75 Å². The third kappa shape index (κ3) is 3.85. The van der Waals surface area contributed by atoms with Crippen LogP contribution in [0.2, 0.25) is 0 Å². The number of aromatic nitrogens is 1. The summed E-state index contributed by atoms with van der Waals surface area (Å²) in [6.45, 7) is 0.595. The first kappa shape index (κ1) is 19.9. The summed E-state index contributed by atoms with van der Waals surface area (Å²) >= 11 is 1.54. The maximum Gasteiger partial charge on any atom is 0.297 e. The molecule has 3 heterocycles. The number of thiophene rings is 1. The Morgan fingerprint density at radius 1 is 1.30 bits per heavy atom. The van der Waals surface area contributed by atoms with E-state index in [4.69, 9.17) is 14.5 Å². The van der Waals surface area contributed by atoms with Crippen molar-refractivity contribution in [1.29, 1.82) is 0 Å². The summed E-state index contributed by atoms with van der Waals surface area (Å²) in [5, 5.41) is 14.6. The van der Waals surface area contributed by atoms with Gasteiger partial charge in [-0.2, -0.15) is 0 Å². The molecular formula is C21H19N3O5S. The number of nitrogens with zero attached hydrogens (tertiary/aromatic N) is 2. The maximum atomic E-state index is 13.5. The summed E-state index contributed by atoms with van der Waals surface area (Å²) in [4.78, 5) is 27.9. The summed E-state index contributed by atoms with van der Waals surface area (Å²) < 4.78 is 10.4. The Balaban J connectivity index is 1.67. The van der Waals surface area contributed by atoms with E-state index >= 15 is 0 Å². The van der Waals surface area contributed by atoms with E-state index in [1.54, 1.807) is 17.5 Å². The van der Waals surface area contributed by atoms with Crippen LogP contribution in [-0.2, 0) is 17.8 Å². The molecular weight excluding hydrogens is 406 g/mol. The second-order valence-electron chi connectivity index (χ2n) is 6.65. The lowest BCUT2D eigenvalue weighted by Crippen LogP contribution is -2.37. The molecule has 0 unspecified atom stereocenters. The largest absolute Gasteiger partial charge is 0.497 e. The van der Waals surface area contributed by atoms with Crippen LogP contribution >= 0.6 is 11.3 Å². The first-order valence-corrected chi connectivity index (χ1v) is 10.1. The zero-order valence-corrected chi connectivity index (χ0v) is 16.9. The fourth-order valence-electron chi connectivity index (χ4n) is 3.34. The molecule has 8 nitrogen and oxygen atoms in total. The lowest BCUT2D eigenvalue weighted by molar-refractivity contribution is -0.125. The van der Waals surface area contributed by atoms with Crippen molar-refractivity contribution in [2.24, 2.45) is 0 Å². The smallest absolute Gasteiger partial charge is 0.297 e. The molecule has 2 N–H and O–H groups in total. The van der Waals surface area contributed by atoms with E-state index in [9.17, 15) is 9.59 Å². The molecule has 30 heavy (non-hydrogen) atoms. The van der Waals surface area contributed by atoms with Gasteiger partial charge in [0.25, 0.3) is 11.8 Å². The van der Waals surface area contributed by atoms with Gasteiger partial charge in [-0.15, -0.1) is 11.3 Å². The topological polar surface area (TPSA) is 105 Å². The predicted molar refractivity (Wildman–Crippen MR) is 110 cm³/mol. The SMILES string of the molecule is COc1ccc(C(=Cc2cccs2)C(=O)N2CCc3onc(C(=O)NO)c3C2)cc1. The van der Waals surface area contributed by atoms with E-state index in [1.165, 1.54) is 11.3 Å². The second kappa shape index (κ2) is 8.52. The summed E-state index contributed by atoms with van der Waals surface area (Å²) in [6, 6.07) is 11.2. The lowest BCUT2D eigenvalue weighted by atomic mass is 10.0. The molecule has 0 fully saturated rings. The first-order valence-electron chi connectivity index (χ1n) is 9.21. The minimum Gasteiger partial charge on any atom is -0.497 e. The number of carbonyl (C=O) groups excluding carboxylic acids is 2. The van der Waals surface area contributed by atoms with Gasteiger partial charge in [-0.05, 0) is 35.2 Å². The van der Waals surface area contributed by atoms with Gasteiger partial charge < -0.3 is 14.2 Å². The summed E-state index contributed by atoms with van der Waals surface area (Å²) in [7, 11) is 1.59. The number of fused-ring (bicyclic) bond motifs is 1. The number of carbonyl (C=O) groups is 2. The Hall–Kier alpha value is -3.43. The number of hydroxylamine groups is 1. The number of methoxy groups -OCH3 is 1. The van der Waals surface area contributed by atoms with E-state index in [0.29, 0.717) is 35.6 Å². The molecule has 2 aromatic heterocycles. The zero-order chi connectivity index (χ0) is 21.1. The minimum absolute atomic E-state index is 0.0155. The number of amides is 2. The number of benzene rings is 1. The van der Waals surface area contributed by atoms with Crippen LogP contribution in [-0.4, -0.2) is 40.7 Å². The van der Waals surface area contributed by atoms with Crippen LogP contribution in [0, 0.1) is 0 Å². The van der Waals surface area contributed by atoms with Crippen molar-refractivity contribution < 1.29 is 24.1 Å². The highest BCUT2D eigenvalue weighted by molar-refractivity contribution is 7.11. The molecule has 4 rings (SSSR count). The monoisotopic (exact) mass is 425 g/mol. The van der Waals surface area contributed by atoms with Crippen LogP contribution in [0.1, 0.15) is 32.3 Å². The molecule has 3 aromatic rings. The van der Waals surface area contributed by atoms with Crippen LogP contribution in [0.4, 0.5) is 0 Å². The van der Waals surface area contributed by atoms with Crippen LogP contribution in [0.25, 0.3) is 11.6 Å². The van der Waals surface area contributed by atoms with Crippen molar-refractivity contribution in [3.63, 3.8) is 0 Å². The Labute approximate surface area is 176 Å². The number of hydrogen-bond acceptors (Lipinski definition) is 7. The van der Waals surface area contributed by atoms with Gasteiger partial charge in [0, 0.05) is 29.0 Å². The van der Waals surface area contributed by atoms with Crippen molar-refractivity contribution in [1.82, 2.24) is 15.5 Å². The van der Waals surface area contributed by atoms with E-state index in [2.05, 4.69) is 5.16 Å². The summed E-state index contributed by atoms with van der Waals surface area (Å²) in [6.07, 6.45) is 2.29. The second-order valence-corrected chi connectivity index (χ2v) is 7.63. The predicted octanol–water partition coefficient (Wildman–Crippen LogP) is 2.99. The van der Waals surface area contributed by atoms with E-state index in [0.717, 1.165) is 10.4 Å². The molecule has 0 saturated heterocycles. The Morgan fingerprint density at radius 2 is 2.10 bits per heavy atom. The van der Waals surface area contributed by atoms with Gasteiger partial charge in [0.1, 0.15) is 11.5 Å². The normalized spacial score (nSPS) is 13.7. The number of rotatable bonds is 5. The van der Waals surface area contributed by atoms with Crippen molar-refractivity contribution in [3.05, 3.63) is 69.2 Å². The van der Waals surface area contributed by atoms with Crippen LogP contribution < -0.4 is 10.2 Å². The number of ether oxygens (including phenoxy) is 1. The molecule has 9 heteroatoms. The molecule has 154 valence electrons. The third-order valence-electron chi connectivity index (χ3n) is 4.89. The molecule has 0 bridgehead atoms. The Kier molecular flexibility index (Phi) is 5.64. The zero-order valence-electron chi connectivity index (χ0n) is 16.1. The van der Waals surface area contributed by atoms with Crippen molar-refractivity contribution in [2.75, 3.05) is 13.7 Å².